The minimum absolute atomic E-state index is 0.0136. The summed E-state index contributed by atoms with van der Waals surface area (Å²) in [5.41, 5.74) is 8.49. The van der Waals surface area contributed by atoms with Gasteiger partial charge in [0.25, 0.3) is 0 Å². The molecular formula is C18H29N3OS. The van der Waals surface area contributed by atoms with E-state index in [1.807, 2.05) is 52.0 Å². The lowest BCUT2D eigenvalue weighted by atomic mass is 10.0. The number of thiol groups is 1. The van der Waals surface area contributed by atoms with Gasteiger partial charge in [-0.15, -0.1) is 12.6 Å². The van der Waals surface area contributed by atoms with Crippen molar-refractivity contribution in [1.82, 2.24) is 10.6 Å². The highest BCUT2D eigenvalue weighted by Crippen LogP contribution is 2.22. The van der Waals surface area contributed by atoms with E-state index in [1.54, 1.807) is 0 Å². The normalized spacial score (nSPS) is 19.3. The van der Waals surface area contributed by atoms with Crippen LogP contribution in [0, 0.1) is 0 Å². The topological polar surface area (TPSA) is 67.1 Å². The smallest absolute Gasteiger partial charge is 0.237 e. The largest absolute Gasteiger partial charge is 0.401 e. The lowest BCUT2D eigenvalue weighted by Crippen LogP contribution is -2.41. The Morgan fingerprint density at radius 1 is 1.35 bits per heavy atom. The highest BCUT2D eigenvalue weighted by atomic mass is 32.1. The third kappa shape index (κ3) is 5.59. The first-order chi connectivity index (χ1) is 11.0. The first-order valence-electron chi connectivity index (χ1n) is 8.28. The van der Waals surface area contributed by atoms with Crippen molar-refractivity contribution in [1.29, 1.82) is 0 Å². The van der Waals surface area contributed by atoms with Crippen LogP contribution in [0.3, 0.4) is 0 Å². The molecule has 2 atom stereocenters. The third-order valence-electron chi connectivity index (χ3n) is 3.79. The van der Waals surface area contributed by atoms with Crippen LogP contribution in [-0.4, -0.2) is 18.5 Å². The zero-order valence-electron chi connectivity index (χ0n) is 14.5. The Kier molecular flexibility index (Phi) is 8.20. The van der Waals surface area contributed by atoms with Crippen LogP contribution in [0.15, 0.2) is 30.0 Å². The van der Waals surface area contributed by atoms with Crippen molar-refractivity contribution in [3.05, 3.63) is 41.1 Å². The Balaban J connectivity index is 0.00000127. The quantitative estimate of drug-likeness (QED) is 0.639. The van der Waals surface area contributed by atoms with E-state index >= 15 is 0 Å². The molecular weight excluding hydrogens is 306 g/mol. The Bertz CT molecular complexity index is 530. The Morgan fingerprint density at radius 2 is 1.96 bits per heavy atom. The molecule has 1 aliphatic heterocycles. The molecule has 1 aromatic rings. The van der Waals surface area contributed by atoms with Gasteiger partial charge in [0.1, 0.15) is 0 Å². The van der Waals surface area contributed by atoms with Gasteiger partial charge in [0.15, 0.2) is 0 Å². The summed E-state index contributed by atoms with van der Waals surface area (Å²) >= 11 is 4.39. The van der Waals surface area contributed by atoms with E-state index in [0.717, 1.165) is 35.4 Å². The molecule has 0 bridgehead atoms. The summed E-state index contributed by atoms with van der Waals surface area (Å²) in [6.07, 6.45) is 1.98. The molecule has 1 aliphatic rings. The molecule has 2 unspecified atom stereocenters. The lowest BCUT2D eigenvalue weighted by molar-refractivity contribution is -0.123. The summed E-state index contributed by atoms with van der Waals surface area (Å²) in [4.78, 5) is 12.9. The van der Waals surface area contributed by atoms with Crippen LogP contribution >= 0.6 is 12.6 Å². The summed E-state index contributed by atoms with van der Waals surface area (Å²) in [6, 6.07) is 7.90. The van der Waals surface area contributed by atoms with Gasteiger partial charge < -0.3 is 16.4 Å². The number of amides is 1. The van der Waals surface area contributed by atoms with Gasteiger partial charge in [-0.25, -0.2) is 0 Å². The van der Waals surface area contributed by atoms with Crippen molar-refractivity contribution >= 4 is 23.4 Å². The van der Waals surface area contributed by atoms with E-state index < -0.39 is 0 Å². The molecule has 0 radical (unpaired) electrons. The number of carbonyl (C=O) groups is 1. The van der Waals surface area contributed by atoms with E-state index in [9.17, 15) is 4.79 Å². The van der Waals surface area contributed by atoms with Gasteiger partial charge in [0.2, 0.25) is 5.91 Å². The lowest BCUT2D eigenvalue weighted by Gasteiger charge is -2.18. The minimum Gasteiger partial charge on any atom is -0.401 e. The molecule has 0 aliphatic carbocycles. The third-order valence-corrected chi connectivity index (χ3v) is 4.40. The average Bonchev–Trinajstić information content (AvgIpc) is 3.10. The minimum atomic E-state index is -0.0430. The highest BCUT2D eigenvalue weighted by molar-refractivity contribution is 7.90. The van der Waals surface area contributed by atoms with Crippen molar-refractivity contribution in [3.8, 4) is 0 Å². The second-order valence-corrected chi connectivity index (χ2v) is 5.98. The molecule has 0 spiro atoms. The first-order valence-corrected chi connectivity index (χ1v) is 8.73. The number of allylic oxidation sites excluding steroid dienone is 1. The van der Waals surface area contributed by atoms with E-state index in [0.29, 0.717) is 5.70 Å². The standard InChI is InChI=1S/C16H23N3OS.C2H6/c1-10(17)15(21)13-7-5-12(6-8-13)11(2)19-16(20)14-4-3-9-18-14;1-2/h5-8,11,14,18,21H,3-4,9,17H2,1-2H3,(H,19,20);1-2H3/b15-10-;. The zero-order valence-corrected chi connectivity index (χ0v) is 15.4. The van der Waals surface area contributed by atoms with E-state index in [4.69, 9.17) is 5.73 Å². The molecule has 4 N–H and O–H groups in total. The second-order valence-electron chi connectivity index (χ2n) is 5.53. The van der Waals surface area contributed by atoms with Crippen LogP contribution in [0.25, 0.3) is 4.91 Å². The van der Waals surface area contributed by atoms with Gasteiger partial charge in [-0.05, 0) is 44.4 Å². The molecule has 23 heavy (non-hydrogen) atoms. The number of rotatable bonds is 4. The molecule has 1 aromatic carbocycles. The van der Waals surface area contributed by atoms with Gasteiger partial charge in [0.05, 0.1) is 12.1 Å². The Hall–Kier alpha value is -1.46. The van der Waals surface area contributed by atoms with Gasteiger partial charge in [-0.1, -0.05) is 38.1 Å². The maximum atomic E-state index is 12.1. The Morgan fingerprint density at radius 3 is 2.43 bits per heavy atom. The highest BCUT2D eigenvalue weighted by Gasteiger charge is 2.23. The second kappa shape index (κ2) is 9.63. The van der Waals surface area contributed by atoms with E-state index in [1.165, 1.54) is 0 Å². The molecule has 4 nitrogen and oxygen atoms in total. The van der Waals surface area contributed by atoms with Crippen molar-refractivity contribution < 1.29 is 4.79 Å². The summed E-state index contributed by atoms with van der Waals surface area (Å²) in [5.74, 6) is 0.0802. The molecule has 128 valence electrons. The predicted octanol–water partition coefficient (Wildman–Crippen LogP) is 3.22. The number of benzene rings is 1. The number of nitrogens with two attached hydrogens (primary N) is 1. The van der Waals surface area contributed by atoms with Crippen LogP contribution in [-0.2, 0) is 4.79 Å². The summed E-state index contributed by atoms with van der Waals surface area (Å²) in [5, 5.41) is 6.26. The SMILES string of the molecule is C/C(N)=C(/S)c1ccc(C(C)NC(=O)C2CCCN2)cc1.CC. The average molecular weight is 336 g/mol. The molecule has 1 amide bonds. The zero-order chi connectivity index (χ0) is 17.4. The molecule has 1 saturated heterocycles. The summed E-state index contributed by atoms with van der Waals surface area (Å²) < 4.78 is 0. The maximum Gasteiger partial charge on any atom is 0.237 e. The van der Waals surface area contributed by atoms with Crippen LogP contribution in [0.1, 0.15) is 57.7 Å². The number of hydrogen-bond acceptors (Lipinski definition) is 4. The molecule has 5 heteroatoms. The molecule has 0 aromatic heterocycles. The number of nitrogens with one attached hydrogen (secondary N) is 2. The van der Waals surface area contributed by atoms with E-state index in [-0.39, 0.29) is 18.0 Å². The van der Waals surface area contributed by atoms with Gasteiger partial charge >= 0.3 is 0 Å². The number of hydrogen-bond donors (Lipinski definition) is 4. The molecule has 0 saturated carbocycles. The van der Waals surface area contributed by atoms with Crippen LogP contribution < -0.4 is 16.4 Å². The Labute approximate surface area is 145 Å². The van der Waals surface area contributed by atoms with Crippen molar-refractivity contribution in [3.63, 3.8) is 0 Å². The summed E-state index contributed by atoms with van der Waals surface area (Å²) in [7, 11) is 0. The number of carbonyl (C=O) groups excluding carboxylic acids is 1. The van der Waals surface area contributed by atoms with Crippen molar-refractivity contribution in [2.75, 3.05) is 6.54 Å². The fourth-order valence-electron chi connectivity index (χ4n) is 2.46. The maximum absolute atomic E-state index is 12.1. The van der Waals surface area contributed by atoms with Crippen LogP contribution in [0.5, 0.6) is 0 Å². The first kappa shape index (κ1) is 19.6. The summed E-state index contributed by atoms with van der Waals surface area (Å²) in [6.45, 7) is 8.75. The van der Waals surface area contributed by atoms with Crippen LogP contribution in [0.2, 0.25) is 0 Å². The van der Waals surface area contributed by atoms with Gasteiger partial charge in [-0.2, -0.15) is 0 Å². The monoisotopic (exact) mass is 335 g/mol. The van der Waals surface area contributed by atoms with Crippen LogP contribution in [0.4, 0.5) is 0 Å². The van der Waals surface area contributed by atoms with E-state index in [2.05, 4.69) is 23.3 Å². The van der Waals surface area contributed by atoms with Gasteiger partial charge in [-0.3, -0.25) is 4.79 Å². The van der Waals surface area contributed by atoms with Crippen molar-refractivity contribution in [2.45, 2.75) is 52.6 Å². The fraction of sp³-hybridized carbons (Fsp3) is 0.500. The predicted molar refractivity (Wildman–Crippen MR) is 101 cm³/mol. The molecule has 1 fully saturated rings. The van der Waals surface area contributed by atoms with Gasteiger partial charge in [0, 0.05) is 10.6 Å². The molecule has 2 rings (SSSR count). The van der Waals surface area contributed by atoms with Crippen molar-refractivity contribution in [2.24, 2.45) is 5.73 Å². The molecule has 1 heterocycles. The fourth-order valence-corrected chi connectivity index (χ4v) is 2.61.